The van der Waals surface area contributed by atoms with Crippen molar-refractivity contribution in [3.8, 4) is 0 Å². The Hall–Kier alpha value is -0.410. The molecular weight excluding hydrogens is 182 g/mol. The lowest BCUT2D eigenvalue weighted by molar-refractivity contribution is 0.135. The molecule has 0 aromatic carbocycles. The van der Waals surface area contributed by atoms with Crippen LogP contribution >= 0.6 is 11.5 Å². The fourth-order valence-corrected chi connectivity index (χ4v) is 2.67. The van der Waals surface area contributed by atoms with E-state index in [-0.39, 0.29) is 6.10 Å². The minimum atomic E-state index is -0.140. The van der Waals surface area contributed by atoms with Gasteiger partial charge in [0.25, 0.3) is 0 Å². The van der Waals surface area contributed by atoms with Gasteiger partial charge in [0.15, 0.2) is 0 Å². The van der Waals surface area contributed by atoms with Gasteiger partial charge in [-0.3, -0.25) is 0 Å². The fraction of sp³-hybridized carbons (Fsp3) is 0.700. The molecular formula is C10H15NOS. The molecule has 1 N–H and O–H groups in total. The van der Waals surface area contributed by atoms with Gasteiger partial charge in [-0.15, -0.1) is 0 Å². The quantitative estimate of drug-likeness (QED) is 0.702. The fourth-order valence-electron chi connectivity index (χ4n) is 2.07. The van der Waals surface area contributed by atoms with Crippen molar-refractivity contribution in [2.75, 3.05) is 0 Å². The van der Waals surface area contributed by atoms with E-state index in [1.165, 1.54) is 36.4 Å². The number of aliphatic hydroxyl groups is 1. The molecule has 0 radical (unpaired) electrons. The van der Waals surface area contributed by atoms with Crippen molar-refractivity contribution in [1.29, 1.82) is 0 Å². The molecule has 13 heavy (non-hydrogen) atoms. The van der Waals surface area contributed by atoms with Crippen molar-refractivity contribution >= 4 is 11.5 Å². The van der Waals surface area contributed by atoms with Gasteiger partial charge in [0, 0.05) is 17.5 Å². The predicted molar refractivity (Wildman–Crippen MR) is 53.9 cm³/mol. The van der Waals surface area contributed by atoms with Crippen LogP contribution in [0.25, 0.3) is 0 Å². The summed E-state index contributed by atoms with van der Waals surface area (Å²) in [6.45, 7) is 0. The Kier molecular flexibility index (Phi) is 2.96. The Bertz CT molecular complexity index is 247. The van der Waals surface area contributed by atoms with Gasteiger partial charge in [0.2, 0.25) is 0 Å². The summed E-state index contributed by atoms with van der Waals surface area (Å²) in [5, 5.41) is 12.0. The summed E-state index contributed by atoms with van der Waals surface area (Å²) >= 11 is 1.48. The van der Waals surface area contributed by atoms with Crippen molar-refractivity contribution in [3.63, 3.8) is 0 Å². The molecule has 1 saturated carbocycles. The highest BCUT2D eigenvalue weighted by Gasteiger charge is 2.23. The van der Waals surface area contributed by atoms with Crippen LogP contribution in [0.5, 0.6) is 0 Å². The summed E-state index contributed by atoms with van der Waals surface area (Å²) in [5.74, 6) is 0.348. The zero-order valence-electron chi connectivity index (χ0n) is 7.65. The van der Waals surface area contributed by atoms with Crippen LogP contribution in [0.4, 0.5) is 0 Å². The molecule has 0 saturated heterocycles. The third-order valence-corrected chi connectivity index (χ3v) is 3.46. The third-order valence-electron chi connectivity index (χ3n) is 2.86. The molecule has 0 bridgehead atoms. The minimum Gasteiger partial charge on any atom is -0.392 e. The Labute approximate surface area is 82.8 Å². The highest BCUT2D eigenvalue weighted by atomic mass is 32.1. The molecule has 1 fully saturated rings. The maximum atomic E-state index is 9.90. The van der Waals surface area contributed by atoms with Gasteiger partial charge in [-0.2, -0.15) is 0 Å². The van der Waals surface area contributed by atoms with E-state index < -0.39 is 0 Å². The number of aliphatic hydroxyl groups excluding tert-OH is 1. The van der Waals surface area contributed by atoms with Crippen LogP contribution in [0.3, 0.4) is 0 Å². The van der Waals surface area contributed by atoms with Crippen LogP contribution in [0.2, 0.25) is 0 Å². The van der Waals surface area contributed by atoms with E-state index in [1.54, 1.807) is 0 Å². The summed E-state index contributed by atoms with van der Waals surface area (Å²) in [4.78, 5) is 0. The van der Waals surface area contributed by atoms with Crippen molar-refractivity contribution in [3.05, 3.63) is 17.1 Å². The zero-order valence-corrected chi connectivity index (χ0v) is 8.46. The Morgan fingerprint density at radius 3 is 2.92 bits per heavy atom. The lowest BCUT2D eigenvalue weighted by Crippen LogP contribution is -2.16. The normalized spacial score (nSPS) is 29.9. The monoisotopic (exact) mass is 197 g/mol. The molecule has 2 atom stereocenters. The lowest BCUT2D eigenvalue weighted by atomic mass is 9.92. The molecule has 0 spiro atoms. The first kappa shape index (κ1) is 9.16. The molecule has 0 aliphatic heterocycles. The first-order chi connectivity index (χ1) is 6.38. The van der Waals surface area contributed by atoms with E-state index in [0.717, 1.165) is 12.8 Å². The van der Waals surface area contributed by atoms with Crippen molar-refractivity contribution in [2.24, 2.45) is 0 Å². The minimum absolute atomic E-state index is 0.140. The first-order valence-electron chi connectivity index (χ1n) is 4.95. The molecule has 2 nitrogen and oxygen atoms in total. The second kappa shape index (κ2) is 4.20. The molecule has 72 valence electrons. The number of rotatable bonds is 1. The van der Waals surface area contributed by atoms with Crippen molar-refractivity contribution < 1.29 is 5.11 Å². The summed E-state index contributed by atoms with van der Waals surface area (Å²) in [6.07, 6.45) is 7.54. The molecule has 1 aromatic rings. The zero-order chi connectivity index (χ0) is 9.10. The van der Waals surface area contributed by atoms with E-state index in [4.69, 9.17) is 0 Å². The van der Waals surface area contributed by atoms with Crippen LogP contribution in [0.15, 0.2) is 11.6 Å². The molecule has 1 aliphatic rings. The van der Waals surface area contributed by atoms with Crippen LogP contribution in [-0.4, -0.2) is 15.6 Å². The molecule has 1 aliphatic carbocycles. The van der Waals surface area contributed by atoms with Gasteiger partial charge in [-0.25, -0.2) is 4.37 Å². The standard InChI is InChI=1S/C10H15NOS/c12-10-5-3-1-2-4-9(10)8-6-11-13-7-8/h6-7,9-10,12H,1-5H2/t9-,10+/m0/s1. The maximum absolute atomic E-state index is 9.90. The van der Waals surface area contributed by atoms with Crippen molar-refractivity contribution in [2.45, 2.75) is 44.1 Å². The first-order valence-corrected chi connectivity index (χ1v) is 5.79. The van der Waals surface area contributed by atoms with Crippen LogP contribution in [0, 0.1) is 0 Å². The summed E-state index contributed by atoms with van der Waals surface area (Å²) in [7, 11) is 0. The van der Waals surface area contributed by atoms with Gasteiger partial charge in [0.1, 0.15) is 0 Å². The molecule has 2 rings (SSSR count). The number of nitrogens with zero attached hydrogens (tertiary/aromatic N) is 1. The van der Waals surface area contributed by atoms with Gasteiger partial charge in [0.05, 0.1) is 6.10 Å². The molecule has 1 aromatic heterocycles. The summed E-state index contributed by atoms with van der Waals surface area (Å²) in [5.41, 5.74) is 1.24. The average Bonchev–Trinajstić information content (AvgIpc) is 2.56. The van der Waals surface area contributed by atoms with Crippen LogP contribution in [0.1, 0.15) is 43.6 Å². The van der Waals surface area contributed by atoms with Gasteiger partial charge >= 0.3 is 0 Å². The number of hydrogen-bond donors (Lipinski definition) is 1. The van der Waals surface area contributed by atoms with E-state index in [9.17, 15) is 5.11 Å². The molecule has 0 unspecified atom stereocenters. The number of hydrogen-bond acceptors (Lipinski definition) is 3. The topological polar surface area (TPSA) is 33.1 Å². The molecule has 3 heteroatoms. The second-order valence-corrected chi connectivity index (χ2v) is 4.43. The highest BCUT2D eigenvalue weighted by Crippen LogP contribution is 2.32. The van der Waals surface area contributed by atoms with E-state index in [2.05, 4.69) is 9.75 Å². The van der Waals surface area contributed by atoms with Gasteiger partial charge in [-0.1, -0.05) is 19.3 Å². The maximum Gasteiger partial charge on any atom is 0.0609 e. The second-order valence-electron chi connectivity index (χ2n) is 3.77. The van der Waals surface area contributed by atoms with Gasteiger partial charge < -0.3 is 5.11 Å². The SMILES string of the molecule is O[C@@H]1CCCCC[C@H]1c1cnsc1. The van der Waals surface area contributed by atoms with E-state index in [1.807, 2.05) is 6.20 Å². The lowest BCUT2D eigenvalue weighted by Gasteiger charge is -2.18. The average molecular weight is 197 g/mol. The molecule has 0 amide bonds. The molecule has 1 heterocycles. The van der Waals surface area contributed by atoms with Crippen LogP contribution < -0.4 is 0 Å². The number of aromatic nitrogens is 1. The predicted octanol–water partition coefficient (Wildman–Crippen LogP) is 2.55. The largest absolute Gasteiger partial charge is 0.392 e. The van der Waals surface area contributed by atoms with Crippen LogP contribution in [-0.2, 0) is 0 Å². The van der Waals surface area contributed by atoms with E-state index >= 15 is 0 Å². The Morgan fingerprint density at radius 2 is 2.15 bits per heavy atom. The Morgan fingerprint density at radius 1 is 1.31 bits per heavy atom. The van der Waals surface area contributed by atoms with Gasteiger partial charge in [-0.05, 0) is 29.9 Å². The Balaban J connectivity index is 2.11. The van der Waals surface area contributed by atoms with E-state index in [0.29, 0.717) is 5.92 Å². The summed E-state index contributed by atoms with van der Waals surface area (Å²) in [6, 6.07) is 0. The third kappa shape index (κ3) is 2.09. The smallest absolute Gasteiger partial charge is 0.0609 e. The van der Waals surface area contributed by atoms with Crippen molar-refractivity contribution in [1.82, 2.24) is 4.37 Å². The summed E-state index contributed by atoms with van der Waals surface area (Å²) < 4.78 is 4.09. The highest BCUT2D eigenvalue weighted by molar-refractivity contribution is 7.03.